The number of aryl methyl sites for hydroxylation is 1. The third-order valence-electron chi connectivity index (χ3n) is 2.23. The largest absolute Gasteiger partial charge is 0.399 e. The lowest BCUT2D eigenvalue weighted by Crippen LogP contribution is -2.39. The smallest absolute Gasteiger partial charge is 0.249 e. The first-order chi connectivity index (χ1) is 8.08. The van der Waals surface area contributed by atoms with Gasteiger partial charge in [0.2, 0.25) is 5.91 Å². The second-order valence-corrected chi connectivity index (χ2v) is 4.84. The summed E-state index contributed by atoms with van der Waals surface area (Å²) in [4.78, 5) is 12.5. The fraction of sp³-hybridized carbons (Fsp3) is 0.364. The standard InChI is InChI=1S/C11H17N3O2S/c1-7-3-4-8(12)5-9(7)17-10(6-16-2)11(15)14-13/h3-5,10H,6,12-13H2,1-2H3,(H,14,15). The van der Waals surface area contributed by atoms with Gasteiger partial charge in [0.1, 0.15) is 5.25 Å². The average Bonchev–Trinajstić information content (AvgIpc) is 2.32. The van der Waals surface area contributed by atoms with Gasteiger partial charge in [0.05, 0.1) is 6.61 Å². The fourth-order valence-corrected chi connectivity index (χ4v) is 2.45. The number of anilines is 1. The van der Waals surface area contributed by atoms with Gasteiger partial charge in [0.25, 0.3) is 0 Å². The van der Waals surface area contributed by atoms with Gasteiger partial charge in [0.15, 0.2) is 0 Å². The first-order valence-corrected chi connectivity index (χ1v) is 5.98. The molecule has 0 heterocycles. The highest BCUT2D eigenvalue weighted by Crippen LogP contribution is 2.28. The van der Waals surface area contributed by atoms with Gasteiger partial charge in [-0.1, -0.05) is 6.07 Å². The molecule has 0 bridgehead atoms. The Bertz CT molecular complexity index is 398. The van der Waals surface area contributed by atoms with Crippen molar-refractivity contribution in [3.63, 3.8) is 0 Å². The molecule has 0 saturated carbocycles. The number of methoxy groups -OCH3 is 1. The lowest BCUT2D eigenvalue weighted by atomic mass is 10.2. The van der Waals surface area contributed by atoms with Gasteiger partial charge in [0, 0.05) is 17.7 Å². The van der Waals surface area contributed by atoms with Gasteiger partial charge in [-0.05, 0) is 24.6 Å². The van der Waals surface area contributed by atoms with Gasteiger partial charge in [-0.15, -0.1) is 11.8 Å². The molecule has 0 radical (unpaired) electrons. The number of amides is 1. The van der Waals surface area contributed by atoms with Gasteiger partial charge >= 0.3 is 0 Å². The Morgan fingerprint density at radius 2 is 2.29 bits per heavy atom. The number of carbonyl (C=O) groups excluding carboxylic acids is 1. The molecule has 94 valence electrons. The van der Waals surface area contributed by atoms with E-state index >= 15 is 0 Å². The van der Waals surface area contributed by atoms with E-state index in [9.17, 15) is 4.79 Å². The maximum Gasteiger partial charge on any atom is 0.249 e. The van der Waals surface area contributed by atoms with Crippen LogP contribution >= 0.6 is 11.8 Å². The van der Waals surface area contributed by atoms with E-state index in [1.807, 2.05) is 25.1 Å². The monoisotopic (exact) mass is 255 g/mol. The van der Waals surface area contributed by atoms with Gasteiger partial charge < -0.3 is 10.5 Å². The zero-order valence-electron chi connectivity index (χ0n) is 9.90. The van der Waals surface area contributed by atoms with Crippen LogP contribution in [0, 0.1) is 6.92 Å². The van der Waals surface area contributed by atoms with Crippen LogP contribution in [0.15, 0.2) is 23.1 Å². The molecule has 0 aromatic heterocycles. The predicted octanol–water partition coefficient (Wildman–Crippen LogP) is 0.674. The molecule has 5 N–H and O–H groups in total. The number of hydrogen-bond donors (Lipinski definition) is 3. The normalized spacial score (nSPS) is 12.2. The number of nitrogens with two attached hydrogens (primary N) is 2. The van der Waals surface area contributed by atoms with Crippen molar-refractivity contribution in [3.05, 3.63) is 23.8 Å². The highest BCUT2D eigenvalue weighted by Gasteiger charge is 2.19. The molecule has 0 saturated heterocycles. The van der Waals surface area contributed by atoms with Crippen molar-refractivity contribution in [2.75, 3.05) is 19.5 Å². The second-order valence-electron chi connectivity index (χ2n) is 3.60. The van der Waals surface area contributed by atoms with Crippen molar-refractivity contribution in [1.29, 1.82) is 0 Å². The van der Waals surface area contributed by atoms with Crippen LogP contribution in [0.3, 0.4) is 0 Å². The first-order valence-electron chi connectivity index (χ1n) is 5.10. The Hall–Kier alpha value is -1.24. The van der Waals surface area contributed by atoms with Crippen LogP contribution in [0.5, 0.6) is 0 Å². The Morgan fingerprint density at radius 1 is 1.59 bits per heavy atom. The van der Waals surface area contributed by atoms with Gasteiger partial charge in [-0.25, -0.2) is 5.84 Å². The number of ether oxygens (including phenoxy) is 1. The molecule has 6 heteroatoms. The van der Waals surface area contributed by atoms with Crippen LogP contribution in [0.4, 0.5) is 5.69 Å². The number of thioether (sulfide) groups is 1. The highest BCUT2D eigenvalue weighted by molar-refractivity contribution is 8.00. The van der Waals surface area contributed by atoms with Crippen LogP contribution in [-0.4, -0.2) is 24.9 Å². The summed E-state index contributed by atoms with van der Waals surface area (Å²) >= 11 is 1.39. The Balaban J connectivity index is 2.85. The van der Waals surface area contributed by atoms with E-state index in [0.717, 1.165) is 10.5 Å². The molecule has 0 aliphatic carbocycles. The minimum absolute atomic E-state index is 0.265. The number of hydrogen-bond acceptors (Lipinski definition) is 5. The minimum Gasteiger partial charge on any atom is -0.399 e. The quantitative estimate of drug-likeness (QED) is 0.236. The van der Waals surface area contributed by atoms with Crippen LogP contribution in [0.25, 0.3) is 0 Å². The third-order valence-corrected chi connectivity index (χ3v) is 3.56. The lowest BCUT2D eigenvalue weighted by Gasteiger charge is -2.15. The molecule has 0 spiro atoms. The second kappa shape index (κ2) is 6.48. The van der Waals surface area contributed by atoms with E-state index < -0.39 is 0 Å². The molecule has 17 heavy (non-hydrogen) atoms. The SMILES string of the molecule is COCC(Sc1cc(N)ccc1C)C(=O)NN. The summed E-state index contributed by atoms with van der Waals surface area (Å²) in [6.07, 6.45) is 0. The molecular formula is C11H17N3O2S. The van der Waals surface area contributed by atoms with Crippen molar-refractivity contribution in [3.8, 4) is 0 Å². The summed E-state index contributed by atoms with van der Waals surface area (Å²) in [5, 5.41) is -0.384. The highest BCUT2D eigenvalue weighted by atomic mass is 32.2. The zero-order chi connectivity index (χ0) is 12.8. The minimum atomic E-state index is -0.384. The maximum absolute atomic E-state index is 11.5. The van der Waals surface area contributed by atoms with Crippen molar-refractivity contribution in [2.24, 2.45) is 5.84 Å². The Kier molecular flexibility index (Phi) is 5.27. The van der Waals surface area contributed by atoms with Gasteiger partial charge in [-0.2, -0.15) is 0 Å². The average molecular weight is 255 g/mol. The van der Waals surface area contributed by atoms with E-state index in [2.05, 4.69) is 5.43 Å². The summed E-state index contributed by atoms with van der Waals surface area (Å²) in [6, 6.07) is 5.59. The molecule has 0 fully saturated rings. The molecule has 1 aromatic carbocycles. The molecule has 5 nitrogen and oxygen atoms in total. The number of hydrazine groups is 1. The van der Waals surface area contributed by atoms with Crippen LogP contribution in [-0.2, 0) is 9.53 Å². The van der Waals surface area contributed by atoms with E-state index in [1.165, 1.54) is 11.8 Å². The first kappa shape index (κ1) is 13.8. The van der Waals surface area contributed by atoms with Crippen molar-refractivity contribution in [2.45, 2.75) is 17.1 Å². The van der Waals surface area contributed by atoms with Crippen LogP contribution in [0.1, 0.15) is 5.56 Å². The molecule has 1 unspecified atom stereocenters. The predicted molar refractivity (Wildman–Crippen MR) is 69.4 cm³/mol. The molecular weight excluding hydrogens is 238 g/mol. The van der Waals surface area contributed by atoms with E-state index in [-0.39, 0.29) is 11.2 Å². The van der Waals surface area contributed by atoms with Crippen molar-refractivity contribution in [1.82, 2.24) is 5.43 Å². The number of nitrogen functional groups attached to an aromatic ring is 1. The molecule has 1 aromatic rings. The number of nitrogens with one attached hydrogen (secondary N) is 1. The summed E-state index contributed by atoms with van der Waals surface area (Å²) in [5.74, 6) is 4.87. The maximum atomic E-state index is 11.5. The van der Waals surface area contributed by atoms with Crippen molar-refractivity contribution >= 4 is 23.4 Å². The molecule has 1 rings (SSSR count). The summed E-state index contributed by atoms with van der Waals surface area (Å²) in [7, 11) is 1.55. The number of benzene rings is 1. The number of carbonyl (C=O) groups is 1. The Labute approximate surface area is 105 Å². The third kappa shape index (κ3) is 3.92. The van der Waals surface area contributed by atoms with E-state index in [1.54, 1.807) is 7.11 Å². The van der Waals surface area contributed by atoms with Crippen LogP contribution < -0.4 is 17.0 Å². The zero-order valence-corrected chi connectivity index (χ0v) is 10.7. The van der Waals surface area contributed by atoms with E-state index in [0.29, 0.717) is 12.3 Å². The summed E-state index contributed by atoms with van der Waals surface area (Å²) < 4.78 is 5.00. The fourth-order valence-electron chi connectivity index (χ4n) is 1.30. The molecule has 1 amide bonds. The summed E-state index contributed by atoms with van der Waals surface area (Å²) in [6.45, 7) is 2.26. The molecule has 0 aliphatic heterocycles. The van der Waals surface area contributed by atoms with Crippen LogP contribution in [0.2, 0.25) is 0 Å². The van der Waals surface area contributed by atoms with E-state index in [4.69, 9.17) is 16.3 Å². The lowest BCUT2D eigenvalue weighted by molar-refractivity contribution is -0.121. The number of rotatable bonds is 5. The molecule has 1 atom stereocenters. The van der Waals surface area contributed by atoms with Crippen molar-refractivity contribution < 1.29 is 9.53 Å². The molecule has 0 aliphatic rings. The summed E-state index contributed by atoms with van der Waals surface area (Å²) in [5.41, 5.74) is 9.58. The topological polar surface area (TPSA) is 90.4 Å². The van der Waals surface area contributed by atoms with Gasteiger partial charge in [-0.3, -0.25) is 10.2 Å². The Morgan fingerprint density at radius 3 is 2.88 bits per heavy atom.